The highest BCUT2D eigenvalue weighted by Gasteiger charge is 2.22. The first-order chi connectivity index (χ1) is 9.06. The van der Waals surface area contributed by atoms with E-state index in [2.05, 4.69) is 11.5 Å². The monoisotopic (exact) mass is 267 g/mol. The standard InChI is InChI=1S/C15H29N3O/c1-4-18(10-13(2)3)15(19)12-17-9-5-6-14(11-17)7-8-16/h14H,2,4-12,16H2,1,3H3. The zero-order chi connectivity index (χ0) is 14.3. The summed E-state index contributed by atoms with van der Waals surface area (Å²) < 4.78 is 0. The number of nitrogens with two attached hydrogens (primary N) is 1. The zero-order valence-corrected chi connectivity index (χ0v) is 12.5. The molecule has 1 heterocycles. The number of likely N-dealkylation sites (N-methyl/N-ethyl adjacent to an activating group) is 1. The maximum Gasteiger partial charge on any atom is 0.237 e. The summed E-state index contributed by atoms with van der Waals surface area (Å²) in [4.78, 5) is 16.4. The van der Waals surface area contributed by atoms with Gasteiger partial charge in [-0.05, 0) is 52.1 Å². The van der Waals surface area contributed by atoms with Crippen LogP contribution in [0.1, 0.15) is 33.1 Å². The van der Waals surface area contributed by atoms with E-state index >= 15 is 0 Å². The molecular formula is C15H29N3O. The molecule has 1 amide bonds. The fourth-order valence-electron chi connectivity index (χ4n) is 2.76. The SMILES string of the molecule is C=C(C)CN(CC)C(=O)CN1CCCC(CCN)C1. The number of hydrogen-bond donors (Lipinski definition) is 1. The maximum atomic E-state index is 12.3. The average Bonchev–Trinajstić information content (AvgIpc) is 2.36. The molecular weight excluding hydrogens is 238 g/mol. The van der Waals surface area contributed by atoms with Crippen LogP contribution < -0.4 is 5.73 Å². The second-order valence-corrected chi connectivity index (χ2v) is 5.69. The van der Waals surface area contributed by atoms with E-state index in [1.807, 2.05) is 18.7 Å². The summed E-state index contributed by atoms with van der Waals surface area (Å²) in [6, 6.07) is 0. The average molecular weight is 267 g/mol. The molecule has 0 radical (unpaired) electrons. The fourth-order valence-corrected chi connectivity index (χ4v) is 2.76. The predicted octanol–water partition coefficient (Wildman–Crippen LogP) is 1.47. The van der Waals surface area contributed by atoms with Crippen LogP contribution in [-0.4, -0.2) is 55.0 Å². The maximum absolute atomic E-state index is 12.3. The van der Waals surface area contributed by atoms with Crippen LogP contribution in [-0.2, 0) is 4.79 Å². The molecule has 0 saturated carbocycles. The van der Waals surface area contributed by atoms with Gasteiger partial charge in [0.1, 0.15) is 0 Å². The Bertz CT molecular complexity index is 302. The van der Waals surface area contributed by atoms with Crippen LogP contribution in [0.15, 0.2) is 12.2 Å². The van der Waals surface area contributed by atoms with Crippen LogP contribution in [0.4, 0.5) is 0 Å². The molecule has 4 heteroatoms. The first-order valence-electron chi connectivity index (χ1n) is 7.41. The molecule has 0 aromatic heterocycles. The zero-order valence-electron chi connectivity index (χ0n) is 12.5. The number of amides is 1. The second kappa shape index (κ2) is 8.33. The van der Waals surface area contributed by atoms with Crippen molar-refractivity contribution in [2.45, 2.75) is 33.1 Å². The smallest absolute Gasteiger partial charge is 0.237 e. The van der Waals surface area contributed by atoms with E-state index in [0.29, 0.717) is 19.0 Å². The second-order valence-electron chi connectivity index (χ2n) is 5.69. The molecule has 19 heavy (non-hydrogen) atoms. The topological polar surface area (TPSA) is 49.6 Å². The molecule has 1 rings (SSSR count). The summed E-state index contributed by atoms with van der Waals surface area (Å²) in [6.07, 6.45) is 3.52. The van der Waals surface area contributed by atoms with E-state index in [0.717, 1.165) is 38.2 Å². The highest BCUT2D eigenvalue weighted by Crippen LogP contribution is 2.18. The van der Waals surface area contributed by atoms with Gasteiger partial charge in [-0.3, -0.25) is 9.69 Å². The van der Waals surface area contributed by atoms with Gasteiger partial charge in [-0.2, -0.15) is 0 Å². The van der Waals surface area contributed by atoms with Crippen molar-refractivity contribution in [1.82, 2.24) is 9.80 Å². The lowest BCUT2D eigenvalue weighted by Crippen LogP contribution is -2.44. The molecule has 1 saturated heterocycles. The molecule has 0 aliphatic carbocycles. The number of nitrogens with zero attached hydrogens (tertiary/aromatic N) is 2. The summed E-state index contributed by atoms with van der Waals surface area (Å²) in [6.45, 7) is 12.7. The van der Waals surface area contributed by atoms with Gasteiger partial charge in [0.25, 0.3) is 0 Å². The number of rotatable bonds is 7. The van der Waals surface area contributed by atoms with E-state index in [1.54, 1.807) is 0 Å². The lowest BCUT2D eigenvalue weighted by atomic mass is 9.95. The molecule has 1 atom stereocenters. The molecule has 0 bridgehead atoms. The fraction of sp³-hybridized carbons (Fsp3) is 0.800. The highest BCUT2D eigenvalue weighted by molar-refractivity contribution is 5.78. The normalized spacial score (nSPS) is 20.3. The number of likely N-dealkylation sites (tertiary alicyclic amines) is 1. The van der Waals surface area contributed by atoms with Gasteiger partial charge in [0.15, 0.2) is 0 Å². The molecule has 1 aliphatic heterocycles. The lowest BCUT2D eigenvalue weighted by molar-refractivity contribution is -0.132. The molecule has 4 nitrogen and oxygen atoms in total. The quantitative estimate of drug-likeness (QED) is 0.711. The largest absolute Gasteiger partial charge is 0.338 e. The van der Waals surface area contributed by atoms with E-state index in [4.69, 9.17) is 5.73 Å². The van der Waals surface area contributed by atoms with Crippen molar-refractivity contribution in [2.24, 2.45) is 11.7 Å². The van der Waals surface area contributed by atoms with E-state index in [1.165, 1.54) is 12.8 Å². The van der Waals surface area contributed by atoms with Gasteiger partial charge in [0.05, 0.1) is 6.54 Å². The Hall–Kier alpha value is -0.870. The molecule has 0 aromatic rings. The molecule has 1 aliphatic rings. The van der Waals surface area contributed by atoms with Crippen molar-refractivity contribution in [3.05, 3.63) is 12.2 Å². The van der Waals surface area contributed by atoms with Gasteiger partial charge in [-0.25, -0.2) is 0 Å². The van der Waals surface area contributed by atoms with Crippen molar-refractivity contribution >= 4 is 5.91 Å². The number of carbonyl (C=O) groups is 1. The van der Waals surface area contributed by atoms with Crippen molar-refractivity contribution in [1.29, 1.82) is 0 Å². The minimum absolute atomic E-state index is 0.221. The van der Waals surface area contributed by atoms with E-state index in [-0.39, 0.29) is 5.91 Å². The third-order valence-corrected chi connectivity index (χ3v) is 3.73. The van der Waals surface area contributed by atoms with Crippen LogP contribution in [0.5, 0.6) is 0 Å². The third kappa shape index (κ3) is 5.74. The molecule has 1 unspecified atom stereocenters. The molecule has 0 spiro atoms. The van der Waals surface area contributed by atoms with Gasteiger partial charge in [0.2, 0.25) is 5.91 Å². The van der Waals surface area contributed by atoms with Crippen LogP contribution in [0.25, 0.3) is 0 Å². The van der Waals surface area contributed by atoms with Crippen molar-refractivity contribution in [2.75, 3.05) is 39.3 Å². The first-order valence-corrected chi connectivity index (χ1v) is 7.41. The summed E-state index contributed by atoms with van der Waals surface area (Å²) >= 11 is 0. The van der Waals surface area contributed by atoms with Gasteiger partial charge < -0.3 is 10.6 Å². The van der Waals surface area contributed by atoms with E-state index < -0.39 is 0 Å². The molecule has 2 N–H and O–H groups in total. The molecule has 110 valence electrons. The minimum atomic E-state index is 0.221. The first kappa shape index (κ1) is 16.2. The summed E-state index contributed by atoms with van der Waals surface area (Å²) in [7, 11) is 0. The highest BCUT2D eigenvalue weighted by atomic mass is 16.2. The van der Waals surface area contributed by atoms with Crippen molar-refractivity contribution in [3.8, 4) is 0 Å². The minimum Gasteiger partial charge on any atom is -0.338 e. The number of piperidine rings is 1. The number of carbonyl (C=O) groups excluding carboxylic acids is 1. The lowest BCUT2D eigenvalue weighted by Gasteiger charge is -2.33. The van der Waals surface area contributed by atoms with Crippen molar-refractivity contribution < 1.29 is 4.79 Å². The number of hydrogen-bond acceptors (Lipinski definition) is 3. The Morgan fingerprint density at radius 2 is 2.26 bits per heavy atom. The Balaban J connectivity index is 2.43. The van der Waals surface area contributed by atoms with Crippen LogP contribution in [0.2, 0.25) is 0 Å². The van der Waals surface area contributed by atoms with Gasteiger partial charge in [-0.1, -0.05) is 12.2 Å². The summed E-state index contributed by atoms with van der Waals surface area (Å²) in [5.41, 5.74) is 6.66. The van der Waals surface area contributed by atoms with Crippen LogP contribution in [0, 0.1) is 5.92 Å². The Kier molecular flexibility index (Phi) is 7.10. The van der Waals surface area contributed by atoms with E-state index in [9.17, 15) is 4.79 Å². The molecule has 1 fully saturated rings. The molecule has 0 aromatic carbocycles. The van der Waals surface area contributed by atoms with Crippen molar-refractivity contribution in [3.63, 3.8) is 0 Å². The third-order valence-electron chi connectivity index (χ3n) is 3.73. The van der Waals surface area contributed by atoms with Crippen LogP contribution in [0.3, 0.4) is 0 Å². The predicted molar refractivity (Wildman–Crippen MR) is 79.9 cm³/mol. The van der Waals surface area contributed by atoms with Gasteiger partial charge in [0, 0.05) is 19.6 Å². The van der Waals surface area contributed by atoms with Crippen LogP contribution >= 0.6 is 0 Å². The Labute approximate surface area is 117 Å². The summed E-state index contributed by atoms with van der Waals surface area (Å²) in [5, 5.41) is 0. The summed E-state index contributed by atoms with van der Waals surface area (Å²) in [5.74, 6) is 0.890. The Morgan fingerprint density at radius 3 is 2.84 bits per heavy atom. The Morgan fingerprint density at radius 1 is 1.53 bits per heavy atom. The van der Waals surface area contributed by atoms with Gasteiger partial charge in [-0.15, -0.1) is 0 Å². The van der Waals surface area contributed by atoms with Gasteiger partial charge >= 0.3 is 0 Å².